The molecule has 0 aromatic carbocycles. The second-order valence-electron chi connectivity index (χ2n) is 3.31. The van der Waals surface area contributed by atoms with Crippen LogP contribution in [0.3, 0.4) is 0 Å². The van der Waals surface area contributed by atoms with Crippen molar-refractivity contribution in [1.82, 2.24) is 10.3 Å². The van der Waals surface area contributed by atoms with Crippen molar-refractivity contribution in [3.63, 3.8) is 0 Å². The quantitative estimate of drug-likeness (QED) is 0.347. The number of urea groups is 1. The summed E-state index contributed by atoms with van der Waals surface area (Å²) in [5.41, 5.74) is 2.15. The van der Waals surface area contributed by atoms with Gasteiger partial charge in [-0.3, -0.25) is 5.43 Å². The molecule has 0 radical (unpaired) electrons. The van der Waals surface area contributed by atoms with Crippen molar-refractivity contribution in [1.29, 1.82) is 0 Å². The molecule has 1 aliphatic heterocycles. The van der Waals surface area contributed by atoms with Crippen molar-refractivity contribution in [2.24, 2.45) is 5.84 Å². The highest BCUT2D eigenvalue weighted by Gasteiger charge is 2.28. The molecule has 5 heteroatoms. The molecule has 76 valence electrons. The second kappa shape index (κ2) is 4.43. The molecule has 2 atom stereocenters. The van der Waals surface area contributed by atoms with Crippen LogP contribution >= 0.6 is 0 Å². The number of amides is 2. The lowest BCUT2D eigenvalue weighted by Gasteiger charge is -2.37. The van der Waals surface area contributed by atoms with E-state index in [1.54, 1.807) is 4.90 Å². The van der Waals surface area contributed by atoms with Crippen LogP contribution in [-0.4, -0.2) is 36.2 Å². The van der Waals surface area contributed by atoms with Crippen LogP contribution in [0.5, 0.6) is 0 Å². The van der Waals surface area contributed by atoms with E-state index in [1.807, 2.05) is 13.8 Å². The molecule has 0 spiro atoms. The highest BCUT2D eigenvalue weighted by molar-refractivity contribution is 5.74. The molecule has 1 rings (SSSR count). The zero-order valence-corrected chi connectivity index (χ0v) is 8.12. The first-order chi connectivity index (χ1) is 6.19. The number of rotatable bonds is 1. The number of morpholine rings is 1. The van der Waals surface area contributed by atoms with E-state index in [9.17, 15) is 4.79 Å². The van der Waals surface area contributed by atoms with Gasteiger partial charge in [0, 0.05) is 6.54 Å². The van der Waals surface area contributed by atoms with E-state index in [0.29, 0.717) is 13.2 Å². The van der Waals surface area contributed by atoms with Crippen LogP contribution in [0.15, 0.2) is 0 Å². The van der Waals surface area contributed by atoms with Crippen LogP contribution in [-0.2, 0) is 4.74 Å². The zero-order valence-electron chi connectivity index (χ0n) is 8.12. The van der Waals surface area contributed by atoms with Gasteiger partial charge in [0.05, 0.1) is 18.8 Å². The first kappa shape index (κ1) is 10.3. The molecule has 5 nitrogen and oxygen atoms in total. The summed E-state index contributed by atoms with van der Waals surface area (Å²) in [5.74, 6) is 5.08. The summed E-state index contributed by atoms with van der Waals surface area (Å²) in [5, 5.41) is 0. The Hall–Kier alpha value is -0.810. The highest BCUT2D eigenvalue weighted by Crippen LogP contribution is 2.13. The summed E-state index contributed by atoms with van der Waals surface area (Å²) >= 11 is 0. The fraction of sp³-hybridized carbons (Fsp3) is 0.875. The van der Waals surface area contributed by atoms with E-state index < -0.39 is 0 Å². The SMILES string of the molecule is CCC1COC(C)CN1C(=O)NN. The summed E-state index contributed by atoms with van der Waals surface area (Å²) in [6.45, 7) is 5.19. The first-order valence-electron chi connectivity index (χ1n) is 4.57. The molecular formula is C8H17N3O2. The molecule has 2 amide bonds. The van der Waals surface area contributed by atoms with Crippen LogP contribution in [0.1, 0.15) is 20.3 Å². The van der Waals surface area contributed by atoms with Gasteiger partial charge in [-0.2, -0.15) is 0 Å². The van der Waals surface area contributed by atoms with Gasteiger partial charge in [-0.15, -0.1) is 0 Å². The van der Waals surface area contributed by atoms with Gasteiger partial charge >= 0.3 is 6.03 Å². The number of carbonyl (C=O) groups is 1. The van der Waals surface area contributed by atoms with E-state index in [1.165, 1.54) is 0 Å². The Morgan fingerprint density at radius 2 is 2.46 bits per heavy atom. The van der Waals surface area contributed by atoms with E-state index in [2.05, 4.69) is 5.43 Å². The van der Waals surface area contributed by atoms with Crippen molar-refractivity contribution in [3.8, 4) is 0 Å². The van der Waals surface area contributed by atoms with Crippen LogP contribution in [0.2, 0.25) is 0 Å². The maximum absolute atomic E-state index is 11.3. The Morgan fingerprint density at radius 3 is 3.00 bits per heavy atom. The Kier molecular flexibility index (Phi) is 3.50. The fourth-order valence-electron chi connectivity index (χ4n) is 1.51. The lowest BCUT2D eigenvalue weighted by atomic mass is 10.1. The van der Waals surface area contributed by atoms with Crippen molar-refractivity contribution in [3.05, 3.63) is 0 Å². The van der Waals surface area contributed by atoms with Crippen molar-refractivity contribution in [2.45, 2.75) is 32.4 Å². The van der Waals surface area contributed by atoms with Crippen molar-refractivity contribution in [2.75, 3.05) is 13.2 Å². The summed E-state index contributed by atoms with van der Waals surface area (Å²) in [7, 11) is 0. The molecule has 1 aliphatic rings. The molecule has 2 unspecified atom stereocenters. The largest absolute Gasteiger partial charge is 0.375 e. The number of nitrogens with one attached hydrogen (secondary N) is 1. The van der Waals surface area contributed by atoms with E-state index in [0.717, 1.165) is 6.42 Å². The van der Waals surface area contributed by atoms with E-state index in [4.69, 9.17) is 10.6 Å². The standard InChI is InChI=1S/C8H17N3O2/c1-3-7-5-13-6(2)4-11(7)8(12)10-9/h6-7H,3-5,9H2,1-2H3,(H,10,12). The number of hydrogen-bond acceptors (Lipinski definition) is 3. The summed E-state index contributed by atoms with van der Waals surface area (Å²) in [6, 6.07) is -0.0678. The molecule has 1 heterocycles. The van der Waals surface area contributed by atoms with Gasteiger partial charge in [0.2, 0.25) is 0 Å². The van der Waals surface area contributed by atoms with E-state index in [-0.39, 0.29) is 18.2 Å². The maximum Gasteiger partial charge on any atom is 0.331 e. The summed E-state index contributed by atoms with van der Waals surface area (Å²) in [6.07, 6.45) is 0.986. The van der Waals surface area contributed by atoms with Gasteiger partial charge in [-0.05, 0) is 13.3 Å². The van der Waals surface area contributed by atoms with Crippen LogP contribution in [0, 0.1) is 0 Å². The molecular weight excluding hydrogens is 170 g/mol. The van der Waals surface area contributed by atoms with Crippen molar-refractivity contribution < 1.29 is 9.53 Å². The normalized spacial score (nSPS) is 28.7. The minimum absolute atomic E-state index is 0.0973. The number of nitrogens with two attached hydrogens (primary N) is 1. The third kappa shape index (κ3) is 2.32. The third-order valence-electron chi connectivity index (χ3n) is 2.32. The highest BCUT2D eigenvalue weighted by atomic mass is 16.5. The van der Waals surface area contributed by atoms with Gasteiger partial charge in [-0.1, -0.05) is 6.92 Å². The Bertz CT molecular complexity index is 186. The van der Waals surface area contributed by atoms with Gasteiger partial charge in [0.25, 0.3) is 0 Å². The van der Waals surface area contributed by atoms with Gasteiger partial charge in [0.1, 0.15) is 0 Å². The summed E-state index contributed by atoms with van der Waals surface area (Å²) < 4.78 is 5.44. The Morgan fingerprint density at radius 1 is 1.77 bits per heavy atom. The Balaban J connectivity index is 2.59. The minimum Gasteiger partial charge on any atom is -0.375 e. The average Bonchev–Trinajstić information content (AvgIpc) is 2.16. The predicted molar refractivity (Wildman–Crippen MR) is 48.9 cm³/mol. The fourth-order valence-corrected chi connectivity index (χ4v) is 1.51. The molecule has 0 aromatic rings. The van der Waals surface area contributed by atoms with Crippen molar-refractivity contribution >= 4 is 6.03 Å². The number of carbonyl (C=O) groups excluding carboxylic acids is 1. The Labute approximate surface area is 78.2 Å². The molecule has 1 fully saturated rings. The monoisotopic (exact) mass is 187 g/mol. The predicted octanol–water partition coefficient (Wildman–Crippen LogP) is 0.0690. The van der Waals surface area contributed by atoms with Gasteiger partial charge in [0.15, 0.2) is 0 Å². The van der Waals surface area contributed by atoms with Crippen LogP contribution in [0.4, 0.5) is 4.79 Å². The molecule has 0 aromatic heterocycles. The molecule has 0 aliphatic carbocycles. The topological polar surface area (TPSA) is 67.6 Å². The number of hydrogen-bond donors (Lipinski definition) is 2. The van der Waals surface area contributed by atoms with Crippen LogP contribution in [0.25, 0.3) is 0 Å². The molecule has 0 saturated carbocycles. The number of ether oxygens (including phenoxy) is 1. The van der Waals surface area contributed by atoms with Crippen LogP contribution < -0.4 is 11.3 Å². The molecule has 13 heavy (non-hydrogen) atoms. The summed E-state index contributed by atoms with van der Waals surface area (Å²) in [4.78, 5) is 13.0. The third-order valence-corrected chi connectivity index (χ3v) is 2.32. The number of nitrogens with zero attached hydrogens (tertiary/aromatic N) is 1. The molecule has 0 bridgehead atoms. The lowest BCUT2D eigenvalue weighted by Crippen LogP contribution is -2.55. The lowest BCUT2D eigenvalue weighted by molar-refractivity contribution is -0.0378. The van der Waals surface area contributed by atoms with Gasteiger partial charge in [-0.25, -0.2) is 10.6 Å². The number of hydrazine groups is 1. The average molecular weight is 187 g/mol. The minimum atomic E-state index is -0.220. The smallest absolute Gasteiger partial charge is 0.331 e. The molecule has 3 N–H and O–H groups in total. The second-order valence-corrected chi connectivity index (χ2v) is 3.31. The zero-order chi connectivity index (χ0) is 9.84. The van der Waals surface area contributed by atoms with Gasteiger partial charge < -0.3 is 9.64 Å². The first-order valence-corrected chi connectivity index (χ1v) is 4.57. The van der Waals surface area contributed by atoms with E-state index >= 15 is 0 Å². The maximum atomic E-state index is 11.3. The molecule has 1 saturated heterocycles.